The van der Waals surface area contributed by atoms with Gasteiger partial charge >= 0.3 is 5.97 Å². The zero-order valence-electron chi connectivity index (χ0n) is 14.3. The lowest BCUT2D eigenvalue weighted by Crippen LogP contribution is -2.22. The number of benzene rings is 3. The summed E-state index contributed by atoms with van der Waals surface area (Å²) in [5.74, 6) is -1.45. The molecule has 138 valence electrons. The second-order valence-electron chi connectivity index (χ2n) is 6.12. The Hall–Kier alpha value is -2.69. The van der Waals surface area contributed by atoms with Crippen molar-refractivity contribution < 1.29 is 15.0 Å². The summed E-state index contributed by atoms with van der Waals surface area (Å²) < 4.78 is 0. The topological polar surface area (TPSA) is 60.8 Å². The van der Waals surface area contributed by atoms with Crippen molar-refractivity contribution in [3.63, 3.8) is 0 Å². The Balaban J connectivity index is 1.98. The van der Waals surface area contributed by atoms with Gasteiger partial charge in [-0.05, 0) is 53.6 Å². The van der Waals surface area contributed by atoms with Gasteiger partial charge in [0.2, 0.25) is 0 Å². The Bertz CT molecular complexity index is 928. The highest BCUT2D eigenvalue weighted by Crippen LogP contribution is 2.27. The van der Waals surface area contributed by atoms with E-state index < -0.39 is 5.97 Å². The SMILES string of the molecule is O=C(O)c1cc(N(Cc2cccc(Cl)c2)Cc2cccc(Cl)c2)ccc1O. The molecule has 0 bridgehead atoms. The third kappa shape index (κ3) is 4.94. The second kappa shape index (κ2) is 8.33. The molecule has 0 aliphatic rings. The summed E-state index contributed by atoms with van der Waals surface area (Å²) in [6.07, 6.45) is 0. The first-order valence-electron chi connectivity index (χ1n) is 8.22. The number of carbonyl (C=O) groups is 1. The molecular weight excluding hydrogens is 385 g/mol. The van der Waals surface area contributed by atoms with Crippen LogP contribution in [0.2, 0.25) is 10.0 Å². The summed E-state index contributed by atoms with van der Waals surface area (Å²) in [5, 5.41) is 20.4. The van der Waals surface area contributed by atoms with E-state index in [1.165, 1.54) is 12.1 Å². The van der Waals surface area contributed by atoms with Gasteiger partial charge in [0.25, 0.3) is 0 Å². The quantitative estimate of drug-likeness (QED) is 0.563. The Kier molecular flexibility index (Phi) is 5.89. The average molecular weight is 402 g/mol. The number of phenols is 1. The van der Waals surface area contributed by atoms with Gasteiger partial charge in [0.15, 0.2) is 0 Å². The van der Waals surface area contributed by atoms with E-state index in [-0.39, 0.29) is 11.3 Å². The number of carboxylic acid groups (broad SMARTS) is 1. The van der Waals surface area contributed by atoms with E-state index in [1.807, 2.05) is 41.3 Å². The summed E-state index contributed by atoms with van der Waals surface area (Å²) in [7, 11) is 0. The molecule has 3 rings (SSSR count). The van der Waals surface area contributed by atoms with Crippen LogP contribution in [0, 0.1) is 0 Å². The first kappa shape index (κ1) is 19.1. The molecule has 0 saturated carbocycles. The van der Waals surface area contributed by atoms with Crippen molar-refractivity contribution in [1.82, 2.24) is 0 Å². The van der Waals surface area contributed by atoms with Gasteiger partial charge in [0.1, 0.15) is 11.3 Å². The number of halogens is 2. The number of carboxylic acids is 1. The molecule has 3 aromatic carbocycles. The van der Waals surface area contributed by atoms with Crippen LogP contribution < -0.4 is 4.90 Å². The molecule has 0 spiro atoms. The van der Waals surface area contributed by atoms with Crippen LogP contribution in [-0.2, 0) is 13.1 Å². The summed E-state index contributed by atoms with van der Waals surface area (Å²) in [6, 6.07) is 19.5. The minimum atomic E-state index is -1.18. The number of hydrogen-bond donors (Lipinski definition) is 2. The molecule has 6 heteroatoms. The molecule has 0 radical (unpaired) electrons. The van der Waals surface area contributed by atoms with Crippen LogP contribution in [0.4, 0.5) is 5.69 Å². The maximum Gasteiger partial charge on any atom is 0.339 e. The maximum atomic E-state index is 11.4. The van der Waals surface area contributed by atoms with Crippen molar-refractivity contribution in [3.8, 4) is 5.75 Å². The van der Waals surface area contributed by atoms with Gasteiger partial charge in [-0.2, -0.15) is 0 Å². The van der Waals surface area contributed by atoms with Crippen LogP contribution in [0.15, 0.2) is 66.7 Å². The highest BCUT2D eigenvalue weighted by atomic mass is 35.5. The predicted octanol–water partition coefficient (Wildman–Crippen LogP) is 5.60. The van der Waals surface area contributed by atoms with E-state index in [4.69, 9.17) is 23.2 Å². The van der Waals surface area contributed by atoms with Crippen molar-refractivity contribution in [2.75, 3.05) is 4.90 Å². The summed E-state index contributed by atoms with van der Waals surface area (Å²) in [6.45, 7) is 1.02. The maximum absolute atomic E-state index is 11.4. The Morgan fingerprint density at radius 2 is 1.41 bits per heavy atom. The zero-order valence-corrected chi connectivity index (χ0v) is 15.8. The van der Waals surface area contributed by atoms with Crippen molar-refractivity contribution >= 4 is 34.9 Å². The molecule has 27 heavy (non-hydrogen) atoms. The lowest BCUT2D eigenvalue weighted by Gasteiger charge is -2.26. The zero-order chi connectivity index (χ0) is 19.4. The van der Waals surface area contributed by atoms with Crippen molar-refractivity contribution in [2.24, 2.45) is 0 Å². The molecule has 4 nitrogen and oxygen atoms in total. The number of hydrogen-bond acceptors (Lipinski definition) is 3. The molecule has 0 fully saturated rings. The van der Waals surface area contributed by atoms with Crippen molar-refractivity contribution in [1.29, 1.82) is 0 Å². The molecule has 0 aliphatic heterocycles. The minimum absolute atomic E-state index is 0.144. The van der Waals surface area contributed by atoms with Crippen molar-refractivity contribution in [3.05, 3.63) is 93.5 Å². The van der Waals surface area contributed by atoms with E-state index in [0.29, 0.717) is 28.8 Å². The van der Waals surface area contributed by atoms with Crippen LogP contribution in [0.3, 0.4) is 0 Å². The van der Waals surface area contributed by atoms with Gasteiger partial charge < -0.3 is 15.1 Å². The van der Waals surface area contributed by atoms with Gasteiger partial charge in [-0.1, -0.05) is 47.5 Å². The predicted molar refractivity (Wildman–Crippen MR) is 108 cm³/mol. The van der Waals surface area contributed by atoms with E-state index in [1.54, 1.807) is 18.2 Å². The van der Waals surface area contributed by atoms with Crippen LogP contribution in [0.25, 0.3) is 0 Å². The molecule has 0 atom stereocenters. The number of aromatic hydroxyl groups is 1. The molecule has 0 saturated heterocycles. The monoisotopic (exact) mass is 401 g/mol. The normalized spacial score (nSPS) is 10.6. The fourth-order valence-electron chi connectivity index (χ4n) is 2.84. The lowest BCUT2D eigenvalue weighted by molar-refractivity contribution is 0.0694. The first-order valence-corrected chi connectivity index (χ1v) is 8.98. The fraction of sp³-hybridized carbons (Fsp3) is 0.0952. The number of anilines is 1. The van der Waals surface area contributed by atoms with Gasteiger partial charge in [0, 0.05) is 28.8 Å². The van der Waals surface area contributed by atoms with Crippen LogP contribution in [-0.4, -0.2) is 16.2 Å². The standard InChI is InChI=1S/C21H17Cl2NO3/c22-16-5-1-3-14(9-16)12-24(13-15-4-2-6-17(23)10-15)18-7-8-20(25)19(11-18)21(26)27/h1-11,25H,12-13H2,(H,26,27). The van der Waals surface area contributed by atoms with Crippen LogP contribution in [0.5, 0.6) is 5.75 Å². The first-order chi connectivity index (χ1) is 12.9. The van der Waals surface area contributed by atoms with Crippen LogP contribution >= 0.6 is 23.2 Å². The van der Waals surface area contributed by atoms with E-state index in [2.05, 4.69) is 0 Å². The summed E-state index contributed by atoms with van der Waals surface area (Å²) >= 11 is 12.2. The van der Waals surface area contributed by atoms with Crippen molar-refractivity contribution in [2.45, 2.75) is 13.1 Å². The molecule has 0 aliphatic carbocycles. The highest BCUT2D eigenvalue weighted by molar-refractivity contribution is 6.30. The highest BCUT2D eigenvalue weighted by Gasteiger charge is 2.15. The molecule has 2 N–H and O–H groups in total. The van der Waals surface area contributed by atoms with E-state index in [0.717, 1.165) is 11.1 Å². The Labute approximate surface area is 167 Å². The number of aromatic carboxylic acids is 1. The largest absolute Gasteiger partial charge is 0.507 e. The molecule has 0 aromatic heterocycles. The molecule has 3 aromatic rings. The smallest absolute Gasteiger partial charge is 0.339 e. The average Bonchev–Trinajstić information content (AvgIpc) is 2.61. The van der Waals surface area contributed by atoms with Gasteiger partial charge in [0.05, 0.1) is 0 Å². The lowest BCUT2D eigenvalue weighted by atomic mass is 10.1. The van der Waals surface area contributed by atoms with Gasteiger partial charge in [-0.25, -0.2) is 4.79 Å². The summed E-state index contributed by atoms with van der Waals surface area (Å²) in [5.41, 5.74) is 2.49. The van der Waals surface area contributed by atoms with Gasteiger partial charge in [-0.3, -0.25) is 0 Å². The number of rotatable bonds is 6. The second-order valence-corrected chi connectivity index (χ2v) is 7.00. The molecular formula is C21H17Cl2NO3. The Morgan fingerprint density at radius 3 is 1.89 bits per heavy atom. The number of nitrogens with zero attached hydrogens (tertiary/aromatic N) is 1. The fourth-order valence-corrected chi connectivity index (χ4v) is 3.27. The third-order valence-corrected chi connectivity index (χ3v) is 4.57. The van der Waals surface area contributed by atoms with E-state index in [9.17, 15) is 15.0 Å². The van der Waals surface area contributed by atoms with E-state index >= 15 is 0 Å². The third-order valence-electron chi connectivity index (χ3n) is 4.10. The molecule has 0 amide bonds. The van der Waals surface area contributed by atoms with Gasteiger partial charge in [-0.15, -0.1) is 0 Å². The minimum Gasteiger partial charge on any atom is -0.507 e. The Morgan fingerprint density at radius 1 is 0.852 bits per heavy atom. The summed E-state index contributed by atoms with van der Waals surface area (Å²) in [4.78, 5) is 13.4. The molecule has 0 heterocycles. The molecule has 0 unspecified atom stereocenters. The van der Waals surface area contributed by atoms with Crippen LogP contribution in [0.1, 0.15) is 21.5 Å².